The van der Waals surface area contributed by atoms with Gasteiger partial charge in [0.05, 0.1) is 7.11 Å². The number of rotatable bonds is 6. The van der Waals surface area contributed by atoms with Crippen LogP contribution in [-0.2, 0) is 16.0 Å². The first kappa shape index (κ1) is 15.5. The molecule has 0 amide bonds. The van der Waals surface area contributed by atoms with Crippen LogP contribution in [0.25, 0.3) is 0 Å². The molecule has 0 fully saturated rings. The molecular weight excluding hydrogens is 242 g/mol. The number of benzene rings is 1. The smallest absolute Gasteiger partial charge is 0.343 e. The predicted molar refractivity (Wildman–Crippen MR) is 75.4 cm³/mol. The zero-order valence-corrected chi connectivity index (χ0v) is 12.2. The second-order valence-electron chi connectivity index (χ2n) is 4.80. The molecule has 4 nitrogen and oxygen atoms in total. The van der Waals surface area contributed by atoms with Crippen molar-refractivity contribution in [1.82, 2.24) is 0 Å². The molecule has 0 spiro atoms. The molecule has 0 bridgehead atoms. The Bertz CT molecular complexity index is 420. The minimum atomic E-state index is -0.379. The van der Waals surface area contributed by atoms with Crippen molar-refractivity contribution < 1.29 is 14.3 Å². The summed E-state index contributed by atoms with van der Waals surface area (Å²) >= 11 is 0. The molecular formula is C15H23NO3. The van der Waals surface area contributed by atoms with Crippen LogP contribution >= 0.6 is 0 Å². The molecule has 0 saturated heterocycles. The van der Waals surface area contributed by atoms with E-state index in [-0.39, 0.29) is 18.6 Å². The number of esters is 1. The third-order valence-corrected chi connectivity index (χ3v) is 3.10. The van der Waals surface area contributed by atoms with Gasteiger partial charge < -0.3 is 15.2 Å². The minimum absolute atomic E-state index is 0.0635. The lowest BCUT2D eigenvalue weighted by atomic mass is 9.99. The molecule has 0 radical (unpaired) electrons. The van der Waals surface area contributed by atoms with E-state index in [0.29, 0.717) is 0 Å². The highest BCUT2D eigenvalue weighted by Crippen LogP contribution is 2.25. The Morgan fingerprint density at radius 3 is 2.37 bits per heavy atom. The molecule has 0 aromatic heterocycles. The highest BCUT2D eigenvalue weighted by Gasteiger charge is 2.10. The quantitative estimate of drug-likeness (QED) is 0.800. The number of hydrogen-bond donors (Lipinski definition) is 1. The first-order valence-corrected chi connectivity index (χ1v) is 6.53. The van der Waals surface area contributed by atoms with E-state index in [4.69, 9.17) is 10.5 Å². The lowest BCUT2D eigenvalue weighted by molar-refractivity contribution is -0.142. The molecule has 1 unspecified atom stereocenters. The Morgan fingerprint density at radius 2 is 1.89 bits per heavy atom. The van der Waals surface area contributed by atoms with Gasteiger partial charge in [-0.15, -0.1) is 0 Å². The number of carbonyl (C=O) groups is 1. The molecule has 19 heavy (non-hydrogen) atoms. The molecule has 1 atom stereocenters. The number of methoxy groups -OCH3 is 1. The number of aryl methyl sites for hydroxylation is 2. The third kappa shape index (κ3) is 4.56. The van der Waals surface area contributed by atoms with Crippen molar-refractivity contribution in [1.29, 1.82) is 0 Å². The molecule has 0 aliphatic carbocycles. The Hall–Kier alpha value is -1.55. The van der Waals surface area contributed by atoms with Crippen LogP contribution in [0.15, 0.2) is 12.1 Å². The van der Waals surface area contributed by atoms with Gasteiger partial charge >= 0.3 is 5.97 Å². The van der Waals surface area contributed by atoms with Crippen LogP contribution < -0.4 is 10.5 Å². The summed E-state index contributed by atoms with van der Waals surface area (Å²) in [5, 5.41) is 0. The summed E-state index contributed by atoms with van der Waals surface area (Å²) in [6.07, 6.45) is 1.81. The van der Waals surface area contributed by atoms with Gasteiger partial charge in [0.2, 0.25) is 0 Å². The van der Waals surface area contributed by atoms with Crippen molar-refractivity contribution in [3.8, 4) is 5.75 Å². The SMILES string of the molecule is CCC(N)Cc1cc(C)c(OCC(=O)OC)c(C)c1. The van der Waals surface area contributed by atoms with Crippen molar-refractivity contribution in [2.24, 2.45) is 5.73 Å². The van der Waals surface area contributed by atoms with Crippen molar-refractivity contribution in [2.75, 3.05) is 13.7 Å². The van der Waals surface area contributed by atoms with Gasteiger partial charge in [0.25, 0.3) is 0 Å². The van der Waals surface area contributed by atoms with Gasteiger partial charge in [-0.2, -0.15) is 0 Å². The highest BCUT2D eigenvalue weighted by atomic mass is 16.6. The van der Waals surface area contributed by atoms with Gasteiger partial charge in [0.1, 0.15) is 5.75 Å². The van der Waals surface area contributed by atoms with Crippen LogP contribution in [0.3, 0.4) is 0 Å². The van der Waals surface area contributed by atoms with Gasteiger partial charge in [-0.05, 0) is 43.4 Å². The van der Waals surface area contributed by atoms with E-state index in [1.807, 2.05) is 13.8 Å². The molecule has 1 aromatic carbocycles. The predicted octanol–water partition coefficient (Wildman–Crippen LogP) is 2.14. The maximum atomic E-state index is 11.1. The Kier molecular flexibility index (Phi) is 5.83. The molecule has 0 aliphatic heterocycles. The molecule has 0 saturated carbocycles. The maximum Gasteiger partial charge on any atom is 0.343 e. The Labute approximate surface area is 114 Å². The summed E-state index contributed by atoms with van der Waals surface area (Å²) in [6.45, 7) is 5.96. The zero-order valence-electron chi connectivity index (χ0n) is 12.2. The topological polar surface area (TPSA) is 61.5 Å². The standard InChI is InChI=1S/C15H23NO3/c1-5-13(16)8-12-6-10(2)15(11(3)7-12)19-9-14(17)18-4/h6-7,13H,5,8-9,16H2,1-4H3. The fourth-order valence-corrected chi connectivity index (χ4v) is 2.02. The van der Waals surface area contributed by atoms with Gasteiger partial charge in [-0.1, -0.05) is 19.1 Å². The second kappa shape index (κ2) is 7.14. The summed E-state index contributed by atoms with van der Waals surface area (Å²) in [7, 11) is 1.35. The third-order valence-electron chi connectivity index (χ3n) is 3.10. The maximum absolute atomic E-state index is 11.1. The second-order valence-corrected chi connectivity index (χ2v) is 4.80. The van der Waals surface area contributed by atoms with E-state index in [9.17, 15) is 4.79 Å². The zero-order chi connectivity index (χ0) is 14.4. The summed E-state index contributed by atoms with van der Waals surface area (Å²) in [4.78, 5) is 11.1. The van der Waals surface area contributed by atoms with Gasteiger partial charge in [-0.3, -0.25) is 0 Å². The van der Waals surface area contributed by atoms with E-state index in [2.05, 4.69) is 23.8 Å². The van der Waals surface area contributed by atoms with Crippen LogP contribution in [0, 0.1) is 13.8 Å². The fraction of sp³-hybridized carbons (Fsp3) is 0.533. The molecule has 2 N–H and O–H groups in total. The van der Waals surface area contributed by atoms with E-state index in [0.717, 1.165) is 29.7 Å². The normalized spacial score (nSPS) is 12.1. The van der Waals surface area contributed by atoms with Gasteiger partial charge in [-0.25, -0.2) is 4.79 Å². The average Bonchev–Trinajstić information content (AvgIpc) is 2.37. The number of hydrogen-bond acceptors (Lipinski definition) is 4. The molecule has 4 heteroatoms. The van der Waals surface area contributed by atoms with Crippen LogP contribution in [-0.4, -0.2) is 25.7 Å². The first-order valence-electron chi connectivity index (χ1n) is 6.53. The average molecular weight is 265 g/mol. The van der Waals surface area contributed by atoms with E-state index >= 15 is 0 Å². The van der Waals surface area contributed by atoms with Crippen LogP contribution in [0.5, 0.6) is 5.75 Å². The van der Waals surface area contributed by atoms with Gasteiger partial charge in [0.15, 0.2) is 6.61 Å². The van der Waals surface area contributed by atoms with Crippen molar-refractivity contribution >= 4 is 5.97 Å². The largest absolute Gasteiger partial charge is 0.481 e. The summed E-state index contributed by atoms with van der Waals surface area (Å²) in [5.41, 5.74) is 9.20. The fourth-order valence-electron chi connectivity index (χ4n) is 2.02. The van der Waals surface area contributed by atoms with Crippen molar-refractivity contribution in [3.63, 3.8) is 0 Å². The molecule has 0 aliphatic rings. The molecule has 1 rings (SSSR count). The monoisotopic (exact) mass is 265 g/mol. The molecule has 0 heterocycles. The molecule has 106 valence electrons. The highest BCUT2D eigenvalue weighted by molar-refractivity contribution is 5.71. The molecule has 1 aromatic rings. The van der Waals surface area contributed by atoms with E-state index < -0.39 is 0 Å². The van der Waals surface area contributed by atoms with Crippen molar-refractivity contribution in [2.45, 2.75) is 39.7 Å². The van der Waals surface area contributed by atoms with Crippen molar-refractivity contribution in [3.05, 3.63) is 28.8 Å². The van der Waals surface area contributed by atoms with E-state index in [1.165, 1.54) is 12.7 Å². The Morgan fingerprint density at radius 1 is 1.32 bits per heavy atom. The summed E-state index contributed by atoms with van der Waals surface area (Å²) in [5.74, 6) is 0.370. The summed E-state index contributed by atoms with van der Waals surface area (Å²) in [6, 6.07) is 4.31. The lowest BCUT2D eigenvalue weighted by Gasteiger charge is -2.15. The summed E-state index contributed by atoms with van der Waals surface area (Å²) < 4.78 is 10.1. The Balaban J connectivity index is 2.82. The van der Waals surface area contributed by atoms with Crippen LogP contribution in [0.1, 0.15) is 30.0 Å². The number of nitrogens with two attached hydrogens (primary N) is 1. The number of carbonyl (C=O) groups excluding carboxylic acids is 1. The minimum Gasteiger partial charge on any atom is -0.481 e. The van der Waals surface area contributed by atoms with E-state index in [1.54, 1.807) is 0 Å². The lowest BCUT2D eigenvalue weighted by Crippen LogP contribution is -2.21. The van der Waals surface area contributed by atoms with Crippen LogP contribution in [0.4, 0.5) is 0 Å². The van der Waals surface area contributed by atoms with Crippen LogP contribution in [0.2, 0.25) is 0 Å². The first-order chi connectivity index (χ1) is 8.97. The van der Waals surface area contributed by atoms with Gasteiger partial charge in [0, 0.05) is 6.04 Å². The number of ether oxygens (including phenoxy) is 2.